The van der Waals surface area contributed by atoms with E-state index in [9.17, 15) is 13.2 Å². The molecule has 1 saturated heterocycles. The molecule has 1 unspecified atom stereocenters. The van der Waals surface area contributed by atoms with Crippen molar-refractivity contribution < 1.29 is 27.8 Å². The Hall–Kier alpha value is -1.49. The number of carbonyl (C=O) groups excluding carboxylic acids is 1. The van der Waals surface area contributed by atoms with Gasteiger partial charge in [-0.3, -0.25) is 5.10 Å². The summed E-state index contributed by atoms with van der Waals surface area (Å²) in [5.41, 5.74) is -0.135. The van der Waals surface area contributed by atoms with E-state index in [1.165, 1.54) is 0 Å². The molecule has 10 heteroatoms. The molecular formula is C11H17N3O6S. The molecule has 2 rings (SSSR count). The quantitative estimate of drug-likeness (QED) is 0.665. The number of nitrogens with zero attached hydrogens (tertiary/aromatic N) is 2. The van der Waals surface area contributed by atoms with Gasteiger partial charge in [-0.15, -0.1) is 0 Å². The molecule has 1 aliphatic rings. The van der Waals surface area contributed by atoms with Gasteiger partial charge in [0.15, 0.2) is 5.03 Å². The minimum Gasteiger partial charge on any atom is -0.462 e. The zero-order valence-electron chi connectivity index (χ0n) is 11.5. The highest BCUT2D eigenvalue weighted by Gasteiger charge is 2.35. The van der Waals surface area contributed by atoms with Gasteiger partial charge in [0.2, 0.25) is 0 Å². The molecule has 1 aromatic heterocycles. The zero-order chi connectivity index (χ0) is 15.5. The highest BCUT2D eigenvalue weighted by atomic mass is 32.2. The summed E-state index contributed by atoms with van der Waals surface area (Å²) in [4.78, 5) is 11.7. The number of sulfonamides is 1. The van der Waals surface area contributed by atoms with Crippen LogP contribution in [-0.2, 0) is 19.5 Å². The third kappa shape index (κ3) is 3.23. The van der Waals surface area contributed by atoms with Gasteiger partial charge in [-0.25, -0.2) is 13.2 Å². The number of rotatable bonds is 5. The minimum atomic E-state index is -3.93. The normalized spacial score (nSPS) is 20.4. The van der Waals surface area contributed by atoms with Crippen molar-refractivity contribution >= 4 is 16.0 Å². The van der Waals surface area contributed by atoms with E-state index in [0.29, 0.717) is 0 Å². The Morgan fingerprint density at radius 3 is 3.10 bits per heavy atom. The number of esters is 1. The molecular weight excluding hydrogens is 302 g/mol. The van der Waals surface area contributed by atoms with Crippen molar-refractivity contribution in [3.63, 3.8) is 0 Å². The lowest BCUT2D eigenvalue weighted by Crippen LogP contribution is -2.47. The number of aliphatic hydroxyl groups is 1. The zero-order valence-corrected chi connectivity index (χ0v) is 12.3. The van der Waals surface area contributed by atoms with E-state index in [4.69, 9.17) is 14.6 Å². The number of aromatic nitrogens is 2. The van der Waals surface area contributed by atoms with Crippen LogP contribution in [0, 0.1) is 0 Å². The third-order valence-electron chi connectivity index (χ3n) is 3.00. The van der Waals surface area contributed by atoms with Gasteiger partial charge < -0.3 is 14.6 Å². The highest BCUT2D eigenvalue weighted by molar-refractivity contribution is 7.89. The summed E-state index contributed by atoms with van der Waals surface area (Å²) in [5, 5.41) is 14.7. The number of hydrogen-bond donors (Lipinski definition) is 2. The van der Waals surface area contributed by atoms with E-state index in [1.807, 2.05) is 0 Å². The summed E-state index contributed by atoms with van der Waals surface area (Å²) >= 11 is 0. The molecule has 0 bridgehead atoms. The van der Waals surface area contributed by atoms with Crippen molar-refractivity contribution in [3.8, 4) is 0 Å². The monoisotopic (exact) mass is 319 g/mol. The maximum atomic E-state index is 12.5. The molecule has 118 valence electrons. The van der Waals surface area contributed by atoms with Crippen LogP contribution in [-0.4, -0.2) is 73.0 Å². The molecule has 2 N–H and O–H groups in total. The van der Waals surface area contributed by atoms with E-state index < -0.39 is 22.1 Å². The molecule has 0 amide bonds. The largest absolute Gasteiger partial charge is 0.462 e. The maximum absolute atomic E-state index is 12.5. The van der Waals surface area contributed by atoms with Crippen LogP contribution < -0.4 is 0 Å². The number of aliphatic hydroxyl groups excluding tert-OH is 1. The third-order valence-corrected chi connectivity index (χ3v) is 4.84. The number of morpholine rings is 1. The summed E-state index contributed by atoms with van der Waals surface area (Å²) in [6.07, 6.45) is 0.539. The average molecular weight is 319 g/mol. The average Bonchev–Trinajstić information content (AvgIpc) is 2.98. The first-order chi connectivity index (χ1) is 10.0. The minimum absolute atomic E-state index is 0.0140. The number of nitrogens with one attached hydrogen (secondary N) is 1. The first-order valence-corrected chi connectivity index (χ1v) is 7.87. The number of carbonyl (C=O) groups is 1. The van der Waals surface area contributed by atoms with Crippen LogP contribution >= 0.6 is 0 Å². The van der Waals surface area contributed by atoms with Crippen LogP contribution in [0.15, 0.2) is 11.2 Å². The van der Waals surface area contributed by atoms with Gasteiger partial charge in [0.1, 0.15) is 5.56 Å². The van der Waals surface area contributed by atoms with Crippen molar-refractivity contribution in [1.29, 1.82) is 0 Å². The lowest BCUT2D eigenvalue weighted by atomic mass is 10.3. The molecule has 9 nitrogen and oxygen atoms in total. The van der Waals surface area contributed by atoms with Crippen molar-refractivity contribution in [2.24, 2.45) is 0 Å². The second kappa shape index (κ2) is 6.52. The lowest BCUT2D eigenvalue weighted by Gasteiger charge is -2.30. The van der Waals surface area contributed by atoms with E-state index in [0.717, 1.165) is 10.5 Å². The molecule has 0 saturated carbocycles. The fraction of sp³-hybridized carbons (Fsp3) is 0.636. The molecule has 1 aromatic rings. The lowest BCUT2D eigenvalue weighted by molar-refractivity contribution is -0.0305. The molecule has 0 spiro atoms. The molecule has 1 fully saturated rings. The standard InChI is InChI=1S/C11H17N3O6S/c1-2-19-11(16)9-5-12-13-10(9)21(17,18)14-3-4-20-8(6-14)7-15/h5,8,15H,2-4,6-7H2,1H3,(H,12,13). The molecule has 21 heavy (non-hydrogen) atoms. The number of ether oxygens (including phenoxy) is 2. The predicted molar refractivity (Wildman–Crippen MR) is 70.1 cm³/mol. The number of H-pyrrole nitrogens is 1. The van der Waals surface area contributed by atoms with Gasteiger partial charge in [-0.2, -0.15) is 9.40 Å². The topological polar surface area (TPSA) is 122 Å². The van der Waals surface area contributed by atoms with Crippen molar-refractivity contribution in [1.82, 2.24) is 14.5 Å². The van der Waals surface area contributed by atoms with Crippen LogP contribution in [0.2, 0.25) is 0 Å². The second-order valence-electron chi connectivity index (χ2n) is 4.37. The summed E-state index contributed by atoms with van der Waals surface area (Å²) < 4.78 is 36.3. The van der Waals surface area contributed by atoms with Gasteiger partial charge in [-0.1, -0.05) is 0 Å². The summed E-state index contributed by atoms with van der Waals surface area (Å²) in [5.74, 6) is -0.753. The van der Waals surface area contributed by atoms with Crippen molar-refractivity contribution in [3.05, 3.63) is 11.8 Å². The first-order valence-electron chi connectivity index (χ1n) is 6.43. The fourth-order valence-electron chi connectivity index (χ4n) is 1.98. The van der Waals surface area contributed by atoms with Gasteiger partial charge in [-0.05, 0) is 6.92 Å². The van der Waals surface area contributed by atoms with Crippen LogP contribution in [0.3, 0.4) is 0 Å². The number of aromatic amines is 1. The number of hydrogen-bond acceptors (Lipinski definition) is 7. The van der Waals surface area contributed by atoms with Gasteiger partial charge in [0.05, 0.1) is 32.1 Å². The first kappa shape index (κ1) is 15.9. The Labute approximate surface area is 121 Å². The van der Waals surface area contributed by atoms with Crippen molar-refractivity contribution in [2.45, 2.75) is 18.1 Å². The van der Waals surface area contributed by atoms with Crippen LogP contribution in [0.4, 0.5) is 0 Å². The van der Waals surface area contributed by atoms with E-state index in [-0.39, 0.29) is 43.5 Å². The Morgan fingerprint density at radius 2 is 2.43 bits per heavy atom. The molecule has 0 radical (unpaired) electrons. The maximum Gasteiger partial charge on any atom is 0.342 e. The summed E-state index contributed by atoms with van der Waals surface area (Å²) in [6.45, 7) is 1.81. The van der Waals surface area contributed by atoms with Gasteiger partial charge in [0, 0.05) is 13.1 Å². The SMILES string of the molecule is CCOC(=O)c1cn[nH]c1S(=O)(=O)N1CCOC(CO)C1. The van der Waals surface area contributed by atoms with Crippen molar-refractivity contribution in [2.75, 3.05) is 32.9 Å². The molecule has 2 heterocycles. The Morgan fingerprint density at radius 1 is 1.67 bits per heavy atom. The van der Waals surface area contributed by atoms with E-state index in [1.54, 1.807) is 6.92 Å². The smallest absolute Gasteiger partial charge is 0.342 e. The van der Waals surface area contributed by atoms with Gasteiger partial charge >= 0.3 is 5.97 Å². The highest BCUT2D eigenvalue weighted by Crippen LogP contribution is 2.20. The second-order valence-corrected chi connectivity index (χ2v) is 6.25. The Kier molecular flexibility index (Phi) is 4.93. The predicted octanol–water partition coefficient (Wildman–Crippen LogP) is -1.03. The fourth-order valence-corrected chi connectivity index (χ4v) is 3.49. The molecule has 1 atom stereocenters. The Bertz CT molecular complexity index is 599. The van der Waals surface area contributed by atoms with Gasteiger partial charge in [0.25, 0.3) is 10.0 Å². The van der Waals surface area contributed by atoms with Crippen LogP contribution in [0.5, 0.6) is 0 Å². The van der Waals surface area contributed by atoms with E-state index >= 15 is 0 Å². The summed E-state index contributed by atoms with van der Waals surface area (Å²) in [6, 6.07) is 0. The molecule has 0 aromatic carbocycles. The molecule has 0 aliphatic carbocycles. The van der Waals surface area contributed by atoms with E-state index in [2.05, 4.69) is 10.2 Å². The van der Waals surface area contributed by atoms with Crippen LogP contribution in [0.25, 0.3) is 0 Å². The Balaban J connectivity index is 2.28. The summed E-state index contributed by atoms with van der Waals surface area (Å²) in [7, 11) is -3.93. The molecule has 1 aliphatic heterocycles. The van der Waals surface area contributed by atoms with Crippen LogP contribution in [0.1, 0.15) is 17.3 Å².